The average molecular weight is 394 g/mol. The first-order chi connectivity index (χ1) is 13.3. The topological polar surface area (TPSA) is 99.4 Å². The largest absolute Gasteiger partial charge is 0.392 e. The lowest BCUT2D eigenvalue weighted by Crippen LogP contribution is -2.45. The van der Waals surface area contributed by atoms with Crippen molar-refractivity contribution in [2.75, 3.05) is 6.54 Å². The summed E-state index contributed by atoms with van der Waals surface area (Å²) in [5.74, 6) is -2.27. The standard InChI is InChI=1S/C19H24F2N4O3/c1-3-25-16(4-5-23-25)11-6-13(20)17(14(21)7-11)18(10(2)26)24-19(28)15-8-12(27)9-22-15/h4-7,10,12,15,18,22,26-27H,3,8-9H2,1-2H3,(H,24,28)/t10-,12?,15?,18-/m0/s1. The molecule has 0 radical (unpaired) electrons. The molecule has 4 N–H and O–H groups in total. The van der Waals surface area contributed by atoms with Crippen molar-refractivity contribution >= 4 is 5.91 Å². The van der Waals surface area contributed by atoms with E-state index in [4.69, 9.17) is 0 Å². The van der Waals surface area contributed by atoms with E-state index in [1.807, 2.05) is 6.92 Å². The molecule has 28 heavy (non-hydrogen) atoms. The molecule has 1 aromatic carbocycles. The second-order valence-electron chi connectivity index (χ2n) is 6.96. The molecule has 0 bridgehead atoms. The van der Waals surface area contributed by atoms with Crippen molar-refractivity contribution in [3.05, 3.63) is 41.6 Å². The molecule has 1 amide bonds. The lowest BCUT2D eigenvalue weighted by molar-refractivity contribution is -0.124. The molecule has 3 rings (SSSR count). The van der Waals surface area contributed by atoms with Gasteiger partial charge in [0.2, 0.25) is 5.91 Å². The lowest BCUT2D eigenvalue weighted by atomic mass is 9.97. The fourth-order valence-electron chi connectivity index (χ4n) is 3.46. The zero-order valence-corrected chi connectivity index (χ0v) is 15.7. The fraction of sp³-hybridized carbons (Fsp3) is 0.474. The number of nitrogens with one attached hydrogen (secondary N) is 2. The molecule has 1 saturated heterocycles. The molecule has 2 heterocycles. The molecular weight excluding hydrogens is 370 g/mol. The van der Waals surface area contributed by atoms with E-state index in [9.17, 15) is 23.8 Å². The first-order valence-corrected chi connectivity index (χ1v) is 9.22. The predicted octanol–water partition coefficient (Wildman–Crippen LogP) is 1.11. The Balaban J connectivity index is 1.90. The van der Waals surface area contributed by atoms with E-state index in [-0.39, 0.29) is 13.0 Å². The fourth-order valence-corrected chi connectivity index (χ4v) is 3.46. The maximum Gasteiger partial charge on any atom is 0.237 e. The SMILES string of the molecule is CCn1nccc1-c1cc(F)c([C@@H](NC(=O)C2CC(O)CN2)[C@H](C)O)c(F)c1. The molecule has 1 fully saturated rings. The van der Waals surface area contributed by atoms with Gasteiger partial charge in [-0.25, -0.2) is 8.78 Å². The normalized spacial score (nSPS) is 21.5. The van der Waals surface area contributed by atoms with Gasteiger partial charge in [-0.1, -0.05) is 0 Å². The molecule has 2 unspecified atom stereocenters. The number of amides is 1. The molecule has 152 valence electrons. The van der Waals surface area contributed by atoms with Gasteiger partial charge >= 0.3 is 0 Å². The lowest BCUT2D eigenvalue weighted by Gasteiger charge is -2.25. The summed E-state index contributed by atoms with van der Waals surface area (Å²) < 4.78 is 31.3. The van der Waals surface area contributed by atoms with E-state index in [0.717, 1.165) is 0 Å². The number of aryl methyl sites for hydroxylation is 1. The zero-order valence-electron chi connectivity index (χ0n) is 15.7. The van der Waals surface area contributed by atoms with Gasteiger partial charge in [0.25, 0.3) is 0 Å². The smallest absolute Gasteiger partial charge is 0.237 e. The Bertz CT molecular complexity index is 832. The van der Waals surface area contributed by atoms with Crippen molar-refractivity contribution in [3.8, 4) is 11.3 Å². The molecule has 1 aliphatic rings. The van der Waals surface area contributed by atoms with E-state index < -0.39 is 47.4 Å². The summed E-state index contributed by atoms with van der Waals surface area (Å²) in [5.41, 5.74) is 0.469. The van der Waals surface area contributed by atoms with Crippen LogP contribution in [0.5, 0.6) is 0 Å². The maximum atomic E-state index is 14.9. The monoisotopic (exact) mass is 394 g/mol. The van der Waals surface area contributed by atoms with Crippen molar-refractivity contribution in [1.82, 2.24) is 20.4 Å². The summed E-state index contributed by atoms with van der Waals surface area (Å²) in [6.07, 6.45) is -0.142. The highest BCUT2D eigenvalue weighted by Gasteiger charge is 2.33. The van der Waals surface area contributed by atoms with Crippen molar-refractivity contribution in [3.63, 3.8) is 0 Å². The number of hydrogen-bond donors (Lipinski definition) is 4. The van der Waals surface area contributed by atoms with Gasteiger partial charge in [0.05, 0.1) is 30.0 Å². The van der Waals surface area contributed by atoms with Crippen LogP contribution < -0.4 is 10.6 Å². The van der Waals surface area contributed by atoms with Crippen LogP contribution in [0.25, 0.3) is 11.3 Å². The summed E-state index contributed by atoms with van der Waals surface area (Å²) in [6, 6.07) is 2.04. The van der Waals surface area contributed by atoms with Crippen LogP contribution in [-0.4, -0.2) is 50.7 Å². The van der Waals surface area contributed by atoms with Gasteiger partial charge in [0, 0.05) is 30.4 Å². The number of carbonyl (C=O) groups is 1. The van der Waals surface area contributed by atoms with E-state index in [0.29, 0.717) is 17.8 Å². The molecule has 4 atom stereocenters. The van der Waals surface area contributed by atoms with Gasteiger partial charge in [-0.2, -0.15) is 5.10 Å². The number of rotatable bonds is 6. The average Bonchev–Trinajstić information content (AvgIpc) is 3.28. The summed E-state index contributed by atoms with van der Waals surface area (Å²) in [4.78, 5) is 12.4. The third kappa shape index (κ3) is 4.06. The molecule has 9 heteroatoms. The van der Waals surface area contributed by atoms with Crippen LogP contribution in [0.3, 0.4) is 0 Å². The molecular formula is C19H24F2N4O3. The van der Waals surface area contributed by atoms with Crippen molar-refractivity contribution < 1.29 is 23.8 Å². The van der Waals surface area contributed by atoms with E-state index in [1.165, 1.54) is 19.1 Å². The zero-order chi connectivity index (χ0) is 20.4. The van der Waals surface area contributed by atoms with Crippen LogP contribution in [0.4, 0.5) is 8.78 Å². The Morgan fingerprint density at radius 3 is 2.64 bits per heavy atom. The summed E-state index contributed by atoms with van der Waals surface area (Å²) in [7, 11) is 0. The van der Waals surface area contributed by atoms with Gasteiger partial charge in [-0.3, -0.25) is 9.48 Å². The van der Waals surface area contributed by atoms with Gasteiger partial charge in [0.1, 0.15) is 11.6 Å². The number of benzene rings is 1. The Kier molecular flexibility index (Phi) is 6.07. The molecule has 7 nitrogen and oxygen atoms in total. The van der Waals surface area contributed by atoms with Gasteiger partial charge in [0.15, 0.2) is 0 Å². The van der Waals surface area contributed by atoms with Crippen LogP contribution in [-0.2, 0) is 11.3 Å². The van der Waals surface area contributed by atoms with Crippen LogP contribution >= 0.6 is 0 Å². The Morgan fingerprint density at radius 2 is 2.11 bits per heavy atom. The quantitative estimate of drug-likeness (QED) is 0.588. The third-order valence-corrected chi connectivity index (χ3v) is 4.91. The van der Waals surface area contributed by atoms with Crippen LogP contribution in [0.15, 0.2) is 24.4 Å². The molecule has 2 aromatic rings. The number of β-amino-alcohol motifs (C(OH)–C–C–N with tert-alkyl or cyclic N) is 1. The highest BCUT2D eigenvalue weighted by atomic mass is 19.1. The van der Waals surface area contributed by atoms with Gasteiger partial charge < -0.3 is 20.8 Å². The minimum absolute atomic E-state index is 0.198. The molecule has 0 aliphatic carbocycles. The summed E-state index contributed by atoms with van der Waals surface area (Å²) in [6.45, 7) is 4.02. The Labute approximate surface area is 161 Å². The minimum atomic E-state index is -1.27. The molecule has 0 spiro atoms. The second-order valence-corrected chi connectivity index (χ2v) is 6.96. The number of aliphatic hydroxyl groups excluding tert-OH is 2. The van der Waals surface area contributed by atoms with Crippen LogP contribution in [0.1, 0.15) is 31.9 Å². The van der Waals surface area contributed by atoms with E-state index in [1.54, 1.807) is 16.9 Å². The number of nitrogens with zero attached hydrogens (tertiary/aromatic N) is 2. The Morgan fingerprint density at radius 1 is 1.43 bits per heavy atom. The summed E-state index contributed by atoms with van der Waals surface area (Å²) in [5, 5.41) is 29.0. The number of aliphatic hydroxyl groups is 2. The van der Waals surface area contributed by atoms with E-state index in [2.05, 4.69) is 15.7 Å². The first kappa shape index (κ1) is 20.4. The Hall–Kier alpha value is -2.36. The van der Waals surface area contributed by atoms with Crippen molar-refractivity contribution in [2.45, 2.75) is 51.1 Å². The summed E-state index contributed by atoms with van der Waals surface area (Å²) >= 11 is 0. The van der Waals surface area contributed by atoms with Crippen molar-refractivity contribution in [1.29, 1.82) is 0 Å². The van der Waals surface area contributed by atoms with Crippen LogP contribution in [0, 0.1) is 11.6 Å². The number of aromatic nitrogens is 2. The highest BCUT2D eigenvalue weighted by molar-refractivity contribution is 5.82. The van der Waals surface area contributed by atoms with Gasteiger partial charge in [-0.05, 0) is 38.5 Å². The van der Waals surface area contributed by atoms with Crippen molar-refractivity contribution in [2.24, 2.45) is 0 Å². The highest BCUT2D eigenvalue weighted by Crippen LogP contribution is 2.29. The first-order valence-electron chi connectivity index (χ1n) is 9.22. The molecule has 1 aliphatic heterocycles. The second kappa shape index (κ2) is 8.34. The number of hydrogen-bond acceptors (Lipinski definition) is 5. The van der Waals surface area contributed by atoms with E-state index >= 15 is 0 Å². The molecule has 1 aromatic heterocycles. The third-order valence-electron chi connectivity index (χ3n) is 4.91. The number of carbonyl (C=O) groups excluding carboxylic acids is 1. The minimum Gasteiger partial charge on any atom is -0.392 e. The van der Waals surface area contributed by atoms with Crippen LogP contribution in [0.2, 0.25) is 0 Å². The predicted molar refractivity (Wildman–Crippen MR) is 98.2 cm³/mol. The number of halogens is 2. The van der Waals surface area contributed by atoms with Gasteiger partial charge in [-0.15, -0.1) is 0 Å². The maximum absolute atomic E-state index is 14.9. The molecule has 0 saturated carbocycles.